The third-order valence-electron chi connectivity index (χ3n) is 3.07. The van der Waals surface area contributed by atoms with Gasteiger partial charge in [-0.15, -0.1) is 0 Å². The van der Waals surface area contributed by atoms with Crippen molar-refractivity contribution in [2.75, 3.05) is 0 Å². The Morgan fingerprint density at radius 1 is 1.29 bits per heavy atom. The molecule has 1 unspecified atom stereocenters. The molecule has 0 spiro atoms. The van der Waals surface area contributed by atoms with Gasteiger partial charge >= 0.3 is 51.4 Å². The number of hydrogen-bond acceptors (Lipinski definition) is 4. The maximum absolute atomic E-state index is 11.2. The third kappa shape index (κ3) is 4.69. The van der Waals surface area contributed by atoms with Crippen LogP contribution in [0.1, 0.15) is 26.3 Å². The molecule has 0 saturated heterocycles. The van der Waals surface area contributed by atoms with Crippen molar-refractivity contribution in [3.05, 3.63) is 42.1 Å². The zero-order chi connectivity index (χ0) is 14.8. The summed E-state index contributed by atoms with van der Waals surface area (Å²) in [5.74, 6) is -1.16. The zero-order valence-electron chi connectivity index (χ0n) is 12.8. The first-order valence-corrected chi connectivity index (χ1v) is 6.47. The van der Waals surface area contributed by atoms with Crippen molar-refractivity contribution >= 4 is 23.1 Å². The predicted octanol–water partition coefficient (Wildman–Crippen LogP) is -1.18. The van der Waals surface area contributed by atoms with Crippen molar-refractivity contribution in [3.8, 4) is 0 Å². The van der Waals surface area contributed by atoms with Gasteiger partial charge in [-0.05, 0) is 11.5 Å². The topological polar surface area (TPSA) is 65.4 Å². The Hall–Kier alpha value is -0.594. The predicted molar refractivity (Wildman–Crippen MR) is 77.6 cm³/mol. The van der Waals surface area contributed by atoms with Gasteiger partial charge in [0.05, 0.1) is 17.5 Å². The molecule has 1 heterocycles. The normalized spacial score (nSPS) is 13.1. The summed E-state index contributed by atoms with van der Waals surface area (Å²) < 4.78 is 0. The summed E-state index contributed by atoms with van der Waals surface area (Å²) in [6, 6.07) is 8.66. The summed E-state index contributed by atoms with van der Waals surface area (Å²) in [6.07, 6.45) is 3.28. The van der Waals surface area contributed by atoms with Crippen LogP contribution < -0.4 is 56.5 Å². The van der Waals surface area contributed by atoms with Gasteiger partial charge in [-0.2, -0.15) is 0 Å². The Morgan fingerprint density at radius 3 is 2.57 bits per heavy atom. The largest absolute Gasteiger partial charge is 1.00 e. The molecule has 0 fully saturated rings. The molecule has 0 radical (unpaired) electrons. The minimum Gasteiger partial charge on any atom is -0.548 e. The van der Waals surface area contributed by atoms with Crippen molar-refractivity contribution in [2.24, 2.45) is 10.4 Å². The fourth-order valence-electron chi connectivity index (χ4n) is 2.02. The van der Waals surface area contributed by atoms with E-state index in [1.807, 2.05) is 51.1 Å². The van der Waals surface area contributed by atoms with E-state index in [9.17, 15) is 9.90 Å². The monoisotopic (exact) mass is 308 g/mol. The van der Waals surface area contributed by atoms with Crippen LogP contribution in [0, 0.1) is 5.41 Å². The second-order valence-corrected chi connectivity index (χ2v) is 5.79. The molecule has 1 atom stereocenters. The molecule has 1 aromatic heterocycles. The molecular formula is C16H17KN2O2. The number of pyridine rings is 1. The molecular weight excluding hydrogens is 291 g/mol. The first kappa shape index (κ1) is 18.5. The molecule has 0 N–H and O–H groups in total. The average Bonchev–Trinajstić information content (AvgIpc) is 2.37. The standard InChI is InChI=1S/C16H18N2O2.K/c1-16(2,3)14(15(19)20)18-10-12-7-4-6-11-8-5-9-17-13(11)12;/h4-10,14H,1-3H3,(H,19,20);/q;+1/p-1. The molecule has 1 aromatic carbocycles. The van der Waals surface area contributed by atoms with Crippen molar-refractivity contribution < 1.29 is 61.3 Å². The molecule has 2 rings (SSSR count). The van der Waals surface area contributed by atoms with E-state index in [2.05, 4.69) is 9.98 Å². The molecule has 0 bridgehead atoms. The number of benzene rings is 1. The van der Waals surface area contributed by atoms with Crippen molar-refractivity contribution in [1.29, 1.82) is 0 Å². The van der Waals surface area contributed by atoms with Crippen LogP contribution in [0.2, 0.25) is 0 Å². The van der Waals surface area contributed by atoms with Crippen molar-refractivity contribution in [3.63, 3.8) is 0 Å². The average molecular weight is 308 g/mol. The van der Waals surface area contributed by atoms with Gasteiger partial charge in [-0.25, -0.2) is 0 Å². The van der Waals surface area contributed by atoms with Crippen LogP contribution in [0.25, 0.3) is 10.9 Å². The minimum absolute atomic E-state index is 0. The number of hydrogen-bond donors (Lipinski definition) is 0. The first-order chi connectivity index (χ1) is 9.39. The van der Waals surface area contributed by atoms with Gasteiger partial charge in [0, 0.05) is 23.4 Å². The zero-order valence-corrected chi connectivity index (χ0v) is 16.0. The van der Waals surface area contributed by atoms with Crippen LogP contribution >= 0.6 is 0 Å². The third-order valence-corrected chi connectivity index (χ3v) is 3.07. The first-order valence-electron chi connectivity index (χ1n) is 6.47. The molecule has 0 aliphatic heterocycles. The SMILES string of the molecule is CC(C)(C)C(N=Cc1cccc2cccnc12)C(=O)[O-].[K+]. The Labute approximate surface area is 167 Å². The van der Waals surface area contributed by atoms with E-state index >= 15 is 0 Å². The van der Waals surface area contributed by atoms with Crippen LogP contribution in [-0.4, -0.2) is 23.2 Å². The van der Waals surface area contributed by atoms with E-state index in [4.69, 9.17) is 0 Å². The second kappa shape index (κ2) is 7.60. The van der Waals surface area contributed by atoms with E-state index in [0.717, 1.165) is 16.5 Å². The smallest absolute Gasteiger partial charge is 0.548 e. The van der Waals surface area contributed by atoms with Crippen LogP contribution in [0.4, 0.5) is 0 Å². The Balaban J connectivity index is 0.00000220. The Kier molecular flexibility index (Phi) is 6.68. The molecule has 4 nitrogen and oxygen atoms in total. The maximum atomic E-state index is 11.2. The molecule has 5 heteroatoms. The van der Waals surface area contributed by atoms with Gasteiger partial charge in [0.1, 0.15) is 0 Å². The molecule has 0 aliphatic rings. The fourth-order valence-corrected chi connectivity index (χ4v) is 2.02. The number of rotatable bonds is 3. The molecule has 21 heavy (non-hydrogen) atoms. The second-order valence-electron chi connectivity index (χ2n) is 5.79. The number of nitrogens with zero attached hydrogens (tertiary/aromatic N) is 2. The van der Waals surface area contributed by atoms with E-state index in [1.165, 1.54) is 0 Å². The summed E-state index contributed by atoms with van der Waals surface area (Å²) in [7, 11) is 0. The van der Waals surface area contributed by atoms with Crippen molar-refractivity contribution in [1.82, 2.24) is 4.98 Å². The van der Waals surface area contributed by atoms with Crippen LogP contribution in [0.5, 0.6) is 0 Å². The van der Waals surface area contributed by atoms with Gasteiger partial charge < -0.3 is 9.90 Å². The molecule has 104 valence electrons. The van der Waals surface area contributed by atoms with Crippen LogP contribution in [0.3, 0.4) is 0 Å². The van der Waals surface area contributed by atoms with Gasteiger partial charge in [-0.1, -0.05) is 45.0 Å². The molecule has 0 saturated carbocycles. The number of carbonyl (C=O) groups is 1. The number of carboxylic acids is 1. The fraction of sp³-hybridized carbons (Fsp3) is 0.312. The van der Waals surface area contributed by atoms with E-state index in [1.54, 1.807) is 12.4 Å². The Morgan fingerprint density at radius 2 is 1.95 bits per heavy atom. The van der Waals surface area contributed by atoms with E-state index in [-0.39, 0.29) is 51.4 Å². The number of aliphatic carboxylic acids is 1. The quantitative estimate of drug-likeness (QED) is 0.530. The van der Waals surface area contributed by atoms with E-state index < -0.39 is 17.4 Å². The van der Waals surface area contributed by atoms with Gasteiger partial charge in [-0.3, -0.25) is 9.98 Å². The summed E-state index contributed by atoms with van der Waals surface area (Å²) in [5.41, 5.74) is 1.12. The van der Waals surface area contributed by atoms with Gasteiger partial charge in [0.2, 0.25) is 0 Å². The van der Waals surface area contributed by atoms with Crippen molar-refractivity contribution in [2.45, 2.75) is 26.8 Å². The number of carboxylic acid groups (broad SMARTS) is 1. The minimum atomic E-state index is -1.16. The van der Waals surface area contributed by atoms with Crippen LogP contribution in [0.15, 0.2) is 41.5 Å². The maximum Gasteiger partial charge on any atom is 1.00 e. The number of carbonyl (C=O) groups excluding carboxylic acids is 1. The molecule has 2 aromatic rings. The van der Waals surface area contributed by atoms with Gasteiger partial charge in [0.25, 0.3) is 0 Å². The summed E-state index contributed by atoms with van der Waals surface area (Å²) >= 11 is 0. The number of aliphatic imine (C=N–C) groups is 1. The molecule has 0 aliphatic carbocycles. The summed E-state index contributed by atoms with van der Waals surface area (Å²) in [6.45, 7) is 5.48. The molecule has 0 amide bonds. The summed E-state index contributed by atoms with van der Waals surface area (Å²) in [4.78, 5) is 19.7. The van der Waals surface area contributed by atoms with Crippen LogP contribution in [-0.2, 0) is 4.79 Å². The number of fused-ring (bicyclic) bond motifs is 1. The number of para-hydroxylation sites is 1. The Bertz CT molecular complexity index is 657. The summed E-state index contributed by atoms with van der Waals surface area (Å²) in [5, 5.41) is 12.2. The van der Waals surface area contributed by atoms with Gasteiger partial charge in [0.15, 0.2) is 0 Å². The van der Waals surface area contributed by atoms with E-state index in [0.29, 0.717) is 0 Å². The number of aromatic nitrogens is 1.